The van der Waals surface area contributed by atoms with Crippen molar-refractivity contribution in [1.82, 2.24) is 15.2 Å². The molecule has 2 rings (SSSR count). The quantitative estimate of drug-likeness (QED) is 0.869. The average molecular weight is 333 g/mol. The van der Waals surface area contributed by atoms with Gasteiger partial charge in [0.2, 0.25) is 11.8 Å². The molecule has 0 aromatic carbocycles. The van der Waals surface area contributed by atoms with Gasteiger partial charge in [-0.3, -0.25) is 4.79 Å². The summed E-state index contributed by atoms with van der Waals surface area (Å²) < 4.78 is 5.80. The Labute approximate surface area is 145 Å². The lowest BCUT2D eigenvalue weighted by molar-refractivity contribution is -0.132. The van der Waals surface area contributed by atoms with Crippen molar-refractivity contribution in [2.75, 3.05) is 26.7 Å². The van der Waals surface area contributed by atoms with E-state index in [1.54, 1.807) is 6.20 Å². The summed E-state index contributed by atoms with van der Waals surface area (Å²) in [5, 5.41) is 3.27. The second-order valence-corrected chi connectivity index (χ2v) is 7.60. The number of nitrogens with one attached hydrogen (secondary N) is 1. The van der Waals surface area contributed by atoms with Crippen LogP contribution in [-0.2, 0) is 4.79 Å². The lowest BCUT2D eigenvalue weighted by Crippen LogP contribution is -2.53. The third-order valence-corrected chi connectivity index (χ3v) is 4.92. The molecule has 1 aromatic heterocycles. The molecule has 0 aliphatic carbocycles. The van der Waals surface area contributed by atoms with Crippen LogP contribution in [0.4, 0.5) is 0 Å². The van der Waals surface area contributed by atoms with Crippen LogP contribution in [0, 0.1) is 18.3 Å². The van der Waals surface area contributed by atoms with Crippen LogP contribution >= 0.6 is 0 Å². The summed E-state index contributed by atoms with van der Waals surface area (Å²) in [7, 11) is 2.15. The van der Waals surface area contributed by atoms with Crippen LogP contribution in [0.1, 0.15) is 39.2 Å². The molecule has 0 saturated carbocycles. The molecule has 5 nitrogen and oxygen atoms in total. The Morgan fingerprint density at radius 3 is 2.92 bits per heavy atom. The Balaban J connectivity index is 1.93. The standard InChI is InChI=1S/C19H31N3O2/c1-6-15-12-22(5)11-9-16(15)21-18(23)19(3,4)13-24-17-14(2)8-7-10-20-17/h7-8,10,15-16H,6,9,11-13H2,1-5H3,(H,21,23). The highest BCUT2D eigenvalue weighted by atomic mass is 16.5. The number of carbonyl (C=O) groups excluding carboxylic acids is 1. The van der Waals surface area contributed by atoms with Crippen molar-refractivity contribution in [2.45, 2.75) is 46.6 Å². The molecule has 1 aliphatic heterocycles. The fraction of sp³-hybridized carbons (Fsp3) is 0.684. The first-order valence-electron chi connectivity index (χ1n) is 8.87. The van der Waals surface area contributed by atoms with Gasteiger partial charge in [0, 0.05) is 24.3 Å². The average Bonchev–Trinajstić information content (AvgIpc) is 2.55. The SMILES string of the molecule is CCC1CN(C)CCC1NC(=O)C(C)(C)COc1ncccc1C. The van der Waals surface area contributed by atoms with Gasteiger partial charge in [-0.25, -0.2) is 4.98 Å². The summed E-state index contributed by atoms with van der Waals surface area (Å²) in [4.78, 5) is 19.3. The number of amides is 1. The van der Waals surface area contributed by atoms with Crippen molar-refractivity contribution < 1.29 is 9.53 Å². The van der Waals surface area contributed by atoms with E-state index in [2.05, 4.69) is 29.2 Å². The number of rotatable bonds is 6. The van der Waals surface area contributed by atoms with Gasteiger partial charge in [0.05, 0.1) is 5.41 Å². The second kappa shape index (κ2) is 7.97. The number of aromatic nitrogens is 1. The fourth-order valence-electron chi connectivity index (χ4n) is 3.12. The minimum atomic E-state index is -0.592. The highest BCUT2D eigenvalue weighted by molar-refractivity contribution is 5.82. The van der Waals surface area contributed by atoms with Crippen molar-refractivity contribution in [3.63, 3.8) is 0 Å². The van der Waals surface area contributed by atoms with Crippen molar-refractivity contribution in [1.29, 1.82) is 0 Å². The first-order valence-corrected chi connectivity index (χ1v) is 8.87. The molecule has 1 amide bonds. The van der Waals surface area contributed by atoms with E-state index in [0.29, 0.717) is 18.4 Å². The zero-order valence-electron chi connectivity index (χ0n) is 15.6. The minimum Gasteiger partial charge on any atom is -0.476 e. The second-order valence-electron chi connectivity index (χ2n) is 7.60. The molecular formula is C19H31N3O2. The fourth-order valence-corrected chi connectivity index (χ4v) is 3.12. The summed E-state index contributed by atoms with van der Waals surface area (Å²) >= 11 is 0. The van der Waals surface area contributed by atoms with E-state index in [1.165, 1.54) is 0 Å². The number of piperidine rings is 1. The number of aryl methyl sites for hydroxylation is 1. The number of hydrogen-bond acceptors (Lipinski definition) is 4. The van der Waals surface area contributed by atoms with Crippen LogP contribution in [0.5, 0.6) is 5.88 Å². The molecule has 24 heavy (non-hydrogen) atoms. The molecule has 2 unspecified atom stereocenters. The van der Waals surface area contributed by atoms with Gasteiger partial charge < -0.3 is 15.0 Å². The molecule has 2 atom stereocenters. The third-order valence-electron chi connectivity index (χ3n) is 4.92. The van der Waals surface area contributed by atoms with Gasteiger partial charge in [0.1, 0.15) is 6.61 Å². The molecular weight excluding hydrogens is 302 g/mol. The van der Waals surface area contributed by atoms with Gasteiger partial charge >= 0.3 is 0 Å². The molecule has 1 N–H and O–H groups in total. The van der Waals surface area contributed by atoms with Gasteiger partial charge in [-0.1, -0.05) is 19.4 Å². The van der Waals surface area contributed by atoms with Crippen LogP contribution in [0.2, 0.25) is 0 Å². The van der Waals surface area contributed by atoms with E-state index in [0.717, 1.165) is 31.5 Å². The molecule has 5 heteroatoms. The van der Waals surface area contributed by atoms with E-state index in [-0.39, 0.29) is 11.9 Å². The highest BCUT2D eigenvalue weighted by Gasteiger charge is 2.34. The number of nitrogens with zero attached hydrogens (tertiary/aromatic N) is 2. The Kier molecular flexibility index (Phi) is 6.21. The summed E-state index contributed by atoms with van der Waals surface area (Å²) in [6.07, 6.45) is 3.80. The Morgan fingerprint density at radius 2 is 2.25 bits per heavy atom. The van der Waals surface area contributed by atoms with Crippen molar-refractivity contribution in [3.05, 3.63) is 23.9 Å². The predicted molar refractivity (Wildman–Crippen MR) is 96.1 cm³/mol. The van der Waals surface area contributed by atoms with Crippen molar-refractivity contribution in [3.8, 4) is 5.88 Å². The number of ether oxygens (including phenoxy) is 1. The first-order chi connectivity index (χ1) is 11.3. The van der Waals surface area contributed by atoms with E-state index >= 15 is 0 Å². The summed E-state index contributed by atoms with van der Waals surface area (Å²) in [5.41, 5.74) is 0.390. The lowest BCUT2D eigenvalue weighted by atomic mass is 9.87. The maximum absolute atomic E-state index is 12.8. The lowest BCUT2D eigenvalue weighted by Gasteiger charge is -2.38. The first kappa shape index (κ1) is 18.7. The smallest absolute Gasteiger partial charge is 0.229 e. The van der Waals surface area contributed by atoms with Gasteiger partial charge in [-0.2, -0.15) is 0 Å². The van der Waals surface area contributed by atoms with E-state index in [9.17, 15) is 4.79 Å². The topological polar surface area (TPSA) is 54.5 Å². The normalized spacial score (nSPS) is 22.2. The summed E-state index contributed by atoms with van der Waals surface area (Å²) in [6, 6.07) is 4.10. The maximum atomic E-state index is 12.8. The van der Waals surface area contributed by atoms with Crippen LogP contribution in [0.15, 0.2) is 18.3 Å². The van der Waals surface area contributed by atoms with Gasteiger partial charge in [-0.15, -0.1) is 0 Å². The number of carbonyl (C=O) groups is 1. The molecule has 1 aliphatic rings. The minimum absolute atomic E-state index is 0.0593. The van der Waals surface area contributed by atoms with Crippen molar-refractivity contribution >= 4 is 5.91 Å². The number of hydrogen-bond donors (Lipinski definition) is 1. The zero-order valence-corrected chi connectivity index (χ0v) is 15.6. The van der Waals surface area contributed by atoms with Crippen LogP contribution in [0.25, 0.3) is 0 Å². The highest BCUT2D eigenvalue weighted by Crippen LogP contribution is 2.23. The van der Waals surface area contributed by atoms with E-state index in [4.69, 9.17) is 4.74 Å². The molecule has 1 aromatic rings. The van der Waals surface area contributed by atoms with Crippen molar-refractivity contribution in [2.24, 2.45) is 11.3 Å². The third kappa shape index (κ3) is 4.69. The molecule has 2 heterocycles. The number of likely N-dealkylation sites (tertiary alicyclic amines) is 1. The maximum Gasteiger partial charge on any atom is 0.229 e. The zero-order chi connectivity index (χ0) is 17.7. The Morgan fingerprint density at radius 1 is 1.50 bits per heavy atom. The summed E-state index contributed by atoms with van der Waals surface area (Å²) in [6.45, 7) is 10.4. The van der Waals surface area contributed by atoms with Crippen LogP contribution in [0.3, 0.4) is 0 Å². The number of pyridine rings is 1. The summed E-state index contributed by atoms with van der Waals surface area (Å²) in [5.74, 6) is 1.18. The van der Waals surface area contributed by atoms with Gasteiger partial charge in [0.15, 0.2) is 0 Å². The van der Waals surface area contributed by atoms with E-state index in [1.807, 2.05) is 32.9 Å². The molecule has 1 saturated heterocycles. The van der Waals surface area contributed by atoms with Gasteiger partial charge in [0.25, 0.3) is 0 Å². The monoisotopic (exact) mass is 333 g/mol. The van der Waals surface area contributed by atoms with E-state index < -0.39 is 5.41 Å². The Hall–Kier alpha value is -1.62. The van der Waals surface area contributed by atoms with Crippen LogP contribution in [-0.4, -0.2) is 48.6 Å². The molecule has 134 valence electrons. The predicted octanol–water partition coefficient (Wildman–Crippen LogP) is 2.64. The molecule has 1 fully saturated rings. The largest absolute Gasteiger partial charge is 0.476 e. The Bertz CT molecular complexity index is 559. The molecule has 0 spiro atoms. The van der Waals surface area contributed by atoms with Gasteiger partial charge in [-0.05, 0) is 52.8 Å². The molecule has 0 radical (unpaired) electrons. The van der Waals surface area contributed by atoms with Crippen LogP contribution < -0.4 is 10.1 Å². The molecule has 0 bridgehead atoms.